The Bertz CT molecular complexity index is 320. The Kier molecular flexibility index (Phi) is 4.14. The summed E-state index contributed by atoms with van der Waals surface area (Å²) in [5.41, 5.74) is 0.330. The highest BCUT2D eigenvalue weighted by Gasteiger charge is 2.21. The fourth-order valence-electron chi connectivity index (χ4n) is 1.15. The first-order valence-corrected chi connectivity index (χ1v) is 5.48. The molecule has 0 aliphatic carbocycles. The van der Waals surface area contributed by atoms with Crippen LogP contribution in [0.1, 0.15) is 26.3 Å². The Morgan fingerprint density at radius 2 is 2.00 bits per heavy atom. The molecular weight excluding hydrogens is 210 g/mol. The molecule has 1 aromatic rings. The molecule has 3 heteroatoms. The fraction of sp³-hybridized carbons (Fsp3) is 0.500. The van der Waals surface area contributed by atoms with Crippen LogP contribution in [-0.2, 0) is 6.54 Å². The van der Waals surface area contributed by atoms with Crippen LogP contribution in [0.3, 0.4) is 0 Å². The van der Waals surface area contributed by atoms with Gasteiger partial charge < -0.3 is 10.4 Å². The van der Waals surface area contributed by atoms with Gasteiger partial charge in [-0.05, 0) is 32.4 Å². The molecule has 0 aliphatic heterocycles. The maximum Gasteiger partial charge on any atom is 0.0741 e. The Morgan fingerprint density at radius 1 is 1.40 bits per heavy atom. The molecule has 0 fully saturated rings. The van der Waals surface area contributed by atoms with Crippen LogP contribution in [-0.4, -0.2) is 16.7 Å². The summed E-state index contributed by atoms with van der Waals surface area (Å²) in [5.74, 6) is 0. The van der Waals surface area contributed by atoms with Crippen LogP contribution < -0.4 is 5.32 Å². The monoisotopic (exact) mass is 227 g/mol. The van der Waals surface area contributed by atoms with Crippen molar-refractivity contribution in [3.8, 4) is 0 Å². The van der Waals surface area contributed by atoms with Crippen LogP contribution in [0.2, 0.25) is 5.02 Å². The summed E-state index contributed by atoms with van der Waals surface area (Å²) in [7, 11) is 0. The van der Waals surface area contributed by atoms with Crippen molar-refractivity contribution in [3.05, 3.63) is 34.9 Å². The Labute approximate surface area is 96.3 Å². The van der Waals surface area contributed by atoms with Crippen molar-refractivity contribution in [2.45, 2.75) is 39.0 Å². The zero-order chi connectivity index (χ0) is 11.5. The third kappa shape index (κ3) is 3.82. The highest BCUT2D eigenvalue weighted by molar-refractivity contribution is 6.31. The van der Waals surface area contributed by atoms with Gasteiger partial charge >= 0.3 is 0 Å². The summed E-state index contributed by atoms with van der Waals surface area (Å²) in [6, 6.07) is 7.73. The van der Waals surface area contributed by atoms with E-state index in [9.17, 15) is 5.11 Å². The smallest absolute Gasteiger partial charge is 0.0741 e. The number of benzene rings is 1. The van der Waals surface area contributed by atoms with Crippen LogP contribution >= 0.6 is 11.6 Å². The standard InChI is InChI=1S/C12H18ClNO/c1-9(12(2,3)15)14-8-10-6-4-5-7-11(10)13/h4-7,9,14-15H,8H2,1-3H3. The van der Waals surface area contributed by atoms with Gasteiger partial charge in [-0.2, -0.15) is 0 Å². The molecule has 1 unspecified atom stereocenters. The lowest BCUT2D eigenvalue weighted by Crippen LogP contribution is -2.44. The highest BCUT2D eigenvalue weighted by atomic mass is 35.5. The Balaban J connectivity index is 2.55. The number of hydrogen-bond acceptors (Lipinski definition) is 2. The molecule has 84 valence electrons. The maximum atomic E-state index is 9.74. The summed E-state index contributed by atoms with van der Waals surface area (Å²) in [4.78, 5) is 0. The first kappa shape index (κ1) is 12.5. The number of aliphatic hydroxyl groups is 1. The second-order valence-corrected chi connectivity index (χ2v) is 4.75. The molecule has 0 aromatic heterocycles. The molecule has 0 heterocycles. The second-order valence-electron chi connectivity index (χ2n) is 4.35. The topological polar surface area (TPSA) is 32.3 Å². The normalized spacial score (nSPS) is 13.9. The third-order valence-corrected chi connectivity index (χ3v) is 2.98. The van der Waals surface area contributed by atoms with E-state index in [1.165, 1.54) is 0 Å². The van der Waals surface area contributed by atoms with Gasteiger partial charge in [0.1, 0.15) is 0 Å². The van der Waals surface area contributed by atoms with Gasteiger partial charge in [-0.15, -0.1) is 0 Å². The van der Waals surface area contributed by atoms with Crippen molar-refractivity contribution in [3.63, 3.8) is 0 Å². The summed E-state index contributed by atoms with van der Waals surface area (Å²) < 4.78 is 0. The quantitative estimate of drug-likeness (QED) is 0.829. The van der Waals surface area contributed by atoms with Gasteiger partial charge in [0.25, 0.3) is 0 Å². The van der Waals surface area contributed by atoms with Gasteiger partial charge in [-0.25, -0.2) is 0 Å². The highest BCUT2D eigenvalue weighted by Crippen LogP contribution is 2.15. The number of rotatable bonds is 4. The predicted molar refractivity (Wildman–Crippen MR) is 64.1 cm³/mol. The lowest BCUT2D eigenvalue weighted by Gasteiger charge is -2.27. The van der Waals surface area contributed by atoms with Crippen LogP contribution in [0.25, 0.3) is 0 Å². The van der Waals surface area contributed by atoms with Gasteiger partial charge in [-0.3, -0.25) is 0 Å². The lowest BCUT2D eigenvalue weighted by atomic mass is 10.0. The molecule has 1 atom stereocenters. The Morgan fingerprint density at radius 3 is 2.53 bits per heavy atom. The van der Waals surface area contributed by atoms with E-state index in [1.807, 2.05) is 31.2 Å². The van der Waals surface area contributed by atoms with Crippen LogP contribution in [0.4, 0.5) is 0 Å². The minimum Gasteiger partial charge on any atom is -0.389 e. The van der Waals surface area contributed by atoms with Crippen molar-refractivity contribution in [2.75, 3.05) is 0 Å². The SMILES string of the molecule is CC(NCc1ccccc1Cl)C(C)(C)O. The predicted octanol–water partition coefficient (Wildman–Crippen LogP) is 2.59. The average Bonchev–Trinajstić information content (AvgIpc) is 2.14. The van der Waals surface area contributed by atoms with E-state index in [0.29, 0.717) is 6.54 Å². The van der Waals surface area contributed by atoms with E-state index < -0.39 is 5.60 Å². The zero-order valence-corrected chi connectivity index (χ0v) is 10.2. The molecule has 15 heavy (non-hydrogen) atoms. The molecule has 0 saturated heterocycles. The largest absolute Gasteiger partial charge is 0.389 e. The summed E-state index contributed by atoms with van der Waals surface area (Å²) in [6.45, 7) is 6.20. The number of hydrogen-bond donors (Lipinski definition) is 2. The molecule has 0 bridgehead atoms. The van der Waals surface area contributed by atoms with Crippen molar-refractivity contribution in [1.29, 1.82) is 0 Å². The summed E-state index contributed by atoms with van der Waals surface area (Å²) >= 11 is 6.02. The van der Waals surface area contributed by atoms with Gasteiger partial charge in [0.2, 0.25) is 0 Å². The molecule has 0 aliphatic rings. The number of halogens is 1. The van der Waals surface area contributed by atoms with Gasteiger partial charge in [0.05, 0.1) is 5.60 Å². The summed E-state index contributed by atoms with van der Waals surface area (Å²) in [5, 5.41) is 13.7. The van der Waals surface area contributed by atoms with Crippen LogP contribution in [0, 0.1) is 0 Å². The summed E-state index contributed by atoms with van der Waals surface area (Å²) in [6.07, 6.45) is 0. The lowest BCUT2D eigenvalue weighted by molar-refractivity contribution is 0.0437. The van der Waals surface area contributed by atoms with Crippen LogP contribution in [0.5, 0.6) is 0 Å². The van der Waals surface area contributed by atoms with Gasteiger partial charge in [0.15, 0.2) is 0 Å². The minimum absolute atomic E-state index is 0.0220. The van der Waals surface area contributed by atoms with E-state index in [-0.39, 0.29) is 6.04 Å². The average molecular weight is 228 g/mol. The molecule has 1 aromatic carbocycles. The molecule has 2 N–H and O–H groups in total. The molecule has 2 nitrogen and oxygen atoms in total. The van der Waals surface area contributed by atoms with Crippen molar-refractivity contribution >= 4 is 11.6 Å². The molecule has 1 rings (SSSR count). The maximum absolute atomic E-state index is 9.74. The third-order valence-electron chi connectivity index (χ3n) is 2.62. The zero-order valence-electron chi connectivity index (χ0n) is 9.42. The van der Waals surface area contributed by atoms with Crippen LogP contribution in [0.15, 0.2) is 24.3 Å². The van der Waals surface area contributed by atoms with Gasteiger partial charge in [0, 0.05) is 17.6 Å². The first-order valence-electron chi connectivity index (χ1n) is 5.10. The molecule has 0 radical (unpaired) electrons. The van der Waals surface area contributed by atoms with E-state index in [2.05, 4.69) is 5.32 Å². The molecule has 0 spiro atoms. The van der Waals surface area contributed by atoms with Crippen molar-refractivity contribution in [1.82, 2.24) is 5.32 Å². The Hall–Kier alpha value is -0.570. The molecule has 0 saturated carbocycles. The first-order chi connectivity index (χ1) is 6.91. The fourth-order valence-corrected chi connectivity index (χ4v) is 1.36. The van der Waals surface area contributed by atoms with E-state index >= 15 is 0 Å². The van der Waals surface area contributed by atoms with Gasteiger partial charge in [-0.1, -0.05) is 29.8 Å². The minimum atomic E-state index is -0.721. The van der Waals surface area contributed by atoms with Crippen molar-refractivity contribution < 1.29 is 5.11 Å². The second kappa shape index (κ2) is 4.97. The van der Waals surface area contributed by atoms with E-state index in [0.717, 1.165) is 10.6 Å². The van der Waals surface area contributed by atoms with E-state index in [1.54, 1.807) is 13.8 Å². The van der Waals surface area contributed by atoms with Crippen molar-refractivity contribution in [2.24, 2.45) is 0 Å². The molecular formula is C12H18ClNO. The van der Waals surface area contributed by atoms with E-state index in [4.69, 9.17) is 11.6 Å². The molecule has 0 amide bonds. The number of nitrogens with one attached hydrogen (secondary N) is 1.